The third-order valence-corrected chi connectivity index (χ3v) is 3.26. The van der Waals surface area contributed by atoms with Gasteiger partial charge in [-0.3, -0.25) is 4.68 Å². The highest BCUT2D eigenvalue weighted by Crippen LogP contribution is 2.14. The summed E-state index contributed by atoms with van der Waals surface area (Å²) in [7, 11) is 0. The van der Waals surface area contributed by atoms with Crippen LogP contribution in [0, 0.1) is 0 Å². The molecule has 0 atom stereocenters. The van der Waals surface area contributed by atoms with E-state index in [0.29, 0.717) is 5.75 Å². The molecule has 0 aliphatic carbocycles. The Kier molecular flexibility index (Phi) is 3.87. The largest absolute Gasteiger partial charge is 0.508 e. The van der Waals surface area contributed by atoms with Crippen LogP contribution in [-0.2, 0) is 13.1 Å². The molecule has 1 heterocycles. The molecule has 1 aromatic heterocycles. The Morgan fingerprint density at radius 1 is 1.00 bits per heavy atom. The summed E-state index contributed by atoms with van der Waals surface area (Å²) in [6.07, 6.45) is 3.74. The molecule has 0 unspecified atom stereocenters. The maximum atomic E-state index is 9.27. The zero-order valence-electron chi connectivity index (χ0n) is 11.6. The van der Waals surface area contributed by atoms with Gasteiger partial charge in [-0.25, -0.2) is 0 Å². The van der Waals surface area contributed by atoms with E-state index in [2.05, 4.69) is 22.5 Å². The molecule has 0 saturated heterocycles. The highest BCUT2D eigenvalue weighted by molar-refractivity contribution is 5.46. The number of benzene rings is 2. The monoisotopic (exact) mass is 279 g/mol. The summed E-state index contributed by atoms with van der Waals surface area (Å²) < 4.78 is 1.90. The highest BCUT2D eigenvalue weighted by atomic mass is 16.3. The lowest BCUT2D eigenvalue weighted by atomic mass is 10.2. The first kappa shape index (κ1) is 13.2. The highest BCUT2D eigenvalue weighted by Gasteiger charge is 1.99. The fourth-order valence-electron chi connectivity index (χ4n) is 2.18. The van der Waals surface area contributed by atoms with Gasteiger partial charge < -0.3 is 10.4 Å². The Labute approximate surface area is 123 Å². The van der Waals surface area contributed by atoms with E-state index in [0.717, 1.165) is 24.3 Å². The third kappa shape index (κ3) is 3.63. The van der Waals surface area contributed by atoms with Gasteiger partial charge in [0.05, 0.1) is 6.54 Å². The van der Waals surface area contributed by atoms with Crippen LogP contribution in [0.25, 0.3) is 0 Å². The van der Waals surface area contributed by atoms with Gasteiger partial charge in [0.15, 0.2) is 0 Å². The average Bonchev–Trinajstić information content (AvgIpc) is 3.00. The Morgan fingerprint density at radius 3 is 2.62 bits per heavy atom. The summed E-state index contributed by atoms with van der Waals surface area (Å²) in [5.41, 5.74) is 3.41. The number of hydrogen-bond acceptors (Lipinski definition) is 3. The molecule has 2 aromatic carbocycles. The molecule has 4 heteroatoms. The third-order valence-electron chi connectivity index (χ3n) is 3.26. The fraction of sp³-hybridized carbons (Fsp3) is 0.118. The molecule has 0 spiro atoms. The number of hydrogen-bond donors (Lipinski definition) is 2. The number of aromatic hydroxyl groups is 1. The average molecular weight is 279 g/mol. The molecular formula is C17H17N3O. The van der Waals surface area contributed by atoms with Crippen LogP contribution in [0.3, 0.4) is 0 Å². The number of aromatic nitrogens is 2. The standard InChI is InChI=1S/C17H17N3O/c21-17-7-5-14(6-8-17)12-18-16-4-1-3-15(11-16)13-20-10-2-9-19-20/h1-11,18,21H,12-13H2. The molecule has 106 valence electrons. The molecule has 0 amide bonds. The van der Waals surface area contributed by atoms with Crippen LogP contribution in [0.2, 0.25) is 0 Å². The van der Waals surface area contributed by atoms with Gasteiger partial charge >= 0.3 is 0 Å². The van der Waals surface area contributed by atoms with Crippen molar-refractivity contribution in [2.24, 2.45) is 0 Å². The van der Waals surface area contributed by atoms with E-state index in [1.165, 1.54) is 5.56 Å². The smallest absolute Gasteiger partial charge is 0.115 e. The zero-order valence-corrected chi connectivity index (χ0v) is 11.6. The van der Waals surface area contributed by atoms with Gasteiger partial charge in [0.2, 0.25) is 0 Å². The molecule has 4 nitrogen and oxygen atoms in total. The predicted molar refractivity (Wildman–Crippen MR) is 83.2 cm³/mol. The summed E-state index contributed by atoms with van der Waals surface area (Å²) in [4.78, 5) is 0. The van der Waals surface area contributed by atoms with Crippen LogP contribution >= 0.6 is 0 Å². The summed E-state index contributed by atoms with van der Waals surface area (Å²) in [6.45, 7) is 1.49. The Bertz CT molecular complexity index is 690. The van der Waals surface area contributed by atoms with E-state index in [4.69, 9.17) is 0 Å². The van der Waals surface area contributed by atoms with Gasteiger partial charge in [-0.2, -0.15) is 5.10 Å². The minimum atomic E-state index is 0.292. The molecule has 0 saturated carbocycles. The van der Waals surface area contributed by atoms with Crippen molar-refractivity contribution >= 4 is 5.69 Å². The van der Waals surface area contributed by atoms with Gasteiger partial charge in [-0.05, 0) is 41.5 Å². The number of phenolic OH excluding ortho intramolecular Hbond substituents is 1. The van der Waals surface area contributed by atoms with Crippen LogP contribution in [-0.4, -0.2) is 14.9 Å². The number of rotatable bonds is 5. The SMILES string of the molecule is Oc1ccc(CNc2cccc(Cn3cccn3)c2)cc1. The number of nitrogens with zero attached hydrogens (tertiary/aromatic N) is 2. The normalized spacial score (nSPS) is 10.5. The molecule has 3 aromatic rings. The fourth-order valence-corrected chi connectivity index (χ4v) is 2.18. The van der Waals surface area contributed by atoms with Crippen molar-refractivity contribution in [1.82, 2.24) is 9.78 Å². The summed E-state index contributed by atoms with van der Waals surface area (Å²) >= 11 is 0. The molecule has 0 aliphatic rings. The first-order chi connectivity index (χ1) is 10.3. The Hall–Kier alpha value is -2.75. The van der Waals surface area contributed by atoms with E-state index in [-0.39, 0.29) is 0 Å². The second-order valence-electron chi connectivity index (χ2n) is 4.92. The van der Waals surface area contributed by atoms with Crippen molar-refractivity contribution in [3.05, 3.63) is 78.1 Å². The van der Waals surface area contributed by atoms with Crippen LogP contribution in [0.4, 0.5) is 5.69 Å². The topological polar surface area (TPSA) is 50.1 Å². The quantitative estimate of drug-likeness (QED) is 0.753. The van der Waals surface area contributed by atoms with Crippen molar-refractivity contribution in [2.75, 3.05) is 5.32 Å². The van der Waals surface area contributed by atoms with E-state index < -0.39 is 0 Å². The molecular weight excluding hydrogens is 262 g/mol. The maximum Gasteiger partial charge on any atom is 0.115 e. The molecule has 21 heavy (non-hydrogen) atoms. The minimum absolute atomic E-state index is 0.292. The van der Waals surface area contributed by atoms with Crippen LogP contribution in [0.15, 0.2) is 67.0 Å². The van der Waals surface area contributed by atoms with E-state index in [1.807, 2.05) is 41.2 Å². The number of nitrogens with one attached hydrogen (secondary N) is 1. The molecule has 0 fully saturated rings. The first-order valence-electron chi connectivity index (χ1n) is 6.88. The predicted octanol–water partition coefficient (Wildman–Crippen LogP) is 3.25. The van der Waals surface area contributed by atoms with Gasteiger partial charge in [-0.1, -0.05) is 24.3 Å². The molecule has 2 N–H and O–H groups in total. The van der Waals surface area contributed by atoms with Crippen molar-refractivity contribution in [2.45, 2.75) is 13.1 Å². The summed E-state index contributed by atoms with van der Waals surface area (Å²) in [6, 6.07) is 17.5. The lowest BCUT2D eigenvalue weighted by Crippen LogP contribution is -2.02. The van der Waals surface area contributed by atoms with E-state index in [9.17, 15) is 5.11 Å². The first-order valence-corrected chi connectivity index (χ1v) is 6.88. The van der Waals surface area contributed by atoms with Crippen molar-refractivity contribution in [3.63, 3.8) is 0 Å². The van der Waals surface area contributed by atoms with E-state index in [1.54, 1.807) is 18.3 Å². The number of anilines is 1. The van der Waals surface area contributed by atoms with E-state index >= 15 is 0 Å². The summed E-state index contributed by atoms with van der Waals surface area (Å²) in [5, 5.41) is 16.9. The second-order valence-corrected chi connectivity index (χ2v) is 4.92. The van der Waals surface area contributed by atoms with Gasteiger partial charge in [-0.15, -0.1) is 0 Å². The van der Waals surface area contributed by atoms with Crippen LogP contribution in [0.5, 0.6) is 5.75 Å². The molecule has 0 radical (unpaired) electrons. The van der Waals surface area contributed by atoms with Crippen molar-refractivity contribution in [1.29, 1.82) is 0 Å². The van der Waals surface area contributed by atoms with Gasteiger partial charge in [0, 0.05) is 24.6 Å². The van der Waals surface area contributed by atoms with Crippen LogP contribution in [0.1, 0.15) is 11.1 Å². The lowest BCUT2D eigenvalue weighted by Gasteiger charge is -2.09. The molecule has 0 bridgehead atoms. The zero-order chi connectivity index (χ0) is 14.5. The Balaban J connectivity index is 1.64. The number of phenols is 1. The molecule has 3 rings (SSSR count). The second kappa shape index (κ2) is 6.13. The summed E-state index contributed by atoms with van der Waals surface area (Å²) in [5.74, 6) is 0.292. The van der Waals surface area contributed by atoms with Gasteiger partial charge in [0.1, 0.15) is 5.75 Å². The minimum Gasteiger partial charge on any atom is -0.508 e. The Morgan fingerprint density at radius 2 is 1.86 bits per heavy atom. The maximum absolute atomic E-state index is 9.27. The lowest BCUT2D eigenvalue weighted by molar-refractivity contribution is 0.475. The molecule has 0 aliphatic heterocycles. The van der Waals surface area contributed by atoms with Crippen molar-refractivity contribution in [3.8, 4) is 5.75 Å². The van der Waals surface area contributed by atoms with Crippen molar-refractivity contribution < 1.29 is 5.11 Å². The van der Waals surface area contributed by atoms with Crippen LogP contribution < -0.4 is 5.32 Å². The van der Waals surface area contributed by atoms with Gasteiger partial charge in [0.25, 0.3) is 0 Å².